The van der Waals surface area contributed by atoms with Gasteiger partial charge >= 0.3 is 0 Å². The van der Waals surface area contributed by atoms with Crippen molar-refractivity contribution < 1.29 is 0 Å². The lowest BCUT2D eigenvalue weighted by Crippen LogP contribution is -2.39. The summed E-state index contributed by atoms with van der Waals surface area (Å²) in [5, 5.41) is 10.6. The van der Waals surface area contributed by atoms with Crippen LogP contribution in [-0.2, 0) is 11.8 Å². The Morgan fingerprint density at radius 2 is 1.97 bits per heavy atom. The summed E-state index contributed by atoms with van der Waals surface area (Å²) in [4.78, 5) is 8.88. The Kier molecular flexibility index (Phi) is 4.58. The second kappa shape index (κ2) is 7.41. The fraction of sp³-hybridized carbons (Fsp3) is 0.414. The summed E-state index contributed by atoms with van der Waals surface area (Å²) in [5.41, 5.74) is 9.44. The molecule has 0 spiro atoms. The predicted octanol–water partition coefficient (Wildman–Crippen LogP) is 5.27. The Hall–Kier alpha value is -3.21. The molecule has 3 aliphatic rings. The number of fused-ring (bicyclic) bond motifs is 4. The van der Waals surface area contributed by atoms with E-state index >= 15 is 0 Å². The standard InChI is InChI=1S/C29H30N4/c1-4-6-20-14-21-15-24-23-10-9-19(17-30)13-26(23)31-28(24)29(2,3)25(21)16-27(20)33-12-11-32(18-33)22-7-5-8-22/h9-10,13-14,16,22,31H,5,7-8,11-12,15,18H2,1-3H3. The van der Waals surface area contributed by atoms with Gasteiger partial charge in [0.15, 0.2) is 0 Å². The fourth-order valence-electron chi connectivity index (χ4n) is 6.08. The number of nitrogens with one attached hydrogen (secondary N) is 1. The van der Waals surface area contributed by atoms with Gasteiger partial charge < -0.3 is 9.88 Å². The summed E-state index contributed by atoms with van der Waals surface area (Å²) in [7, 11) is 0. The molecule has 1 N–H and O–H groups in total. The van der Waals surface area contributed by atoms with E-state index in [1.54, 1.807) is 0 Å². The van der Waals surface area contributed by atoms with Gasteiger partial charge in [0.25, 0.3) is 0 Å². The molecule has 2 aliphatic carbocycles. The summed E-state index contributed by atoms with van der Waals surface area (Å²) in [5.74, 6) is 6.58. The zero-order valence-corrected chi connectivity index (χ0v) is 19.8. The van der Waals surface area contributed by atoms with Crippen molar-refractivity contribution in [2.24, 2.45) is 0 Å². The smallest absolute Gasteiger partial charge is 0.0992 e. The molecule has 4 heteroatoms. The third kappa shape index (κ3) is 3.09. The minimum atomic E-state index is -0.144. The van der Waals surface area contributed by atoms with E-state index in [1.807, 2.05) is 19.1 Å². The van der Waals surface area contributed by atoms with Crippen molar-refractivity contribution in [3.63, 3.8) is 0 Å². The molecule has 2 heterocycles. The number of aromatic amines is 1. The molecule has 1 aromatic heterocycles. The number of anilines is 1. The number of H-pyrrole nitrogens is 1. The normalized spacial score (nSPS) is 19.4. The van der Waals surface area contributed by atoms with Gasteiger partial charge in [-0.2, -0.15) is 5.26 Å². The largest absolute Gasteiger partial charge is 0.357 e. The first-order valence-electron chi connectivity index (χ1n) is 12.1. The average Bonchev–Trinajstić information content (AvgIpc) is 3.38. The zero-order chi connectivity index (χ0) is 22.7. The van der Waals surface area contributed by atoms with Gasteiger partial charge in [0.2, 0.25) is 0 Å². The second-order valence-corrected chi connectivity index (χ2v) is 10.4. The zero-order valence-electron chi connectivity index (χ0n) is 19.8. The Morgan fingerprint density at radius 3 is 2.70 bits per heavy atom. The van der Waals surface area contributed by atoms with Crippen LogP contribution in [0.25, 0.3) is 10.9 Å². The third-order valence-corrected chi connectivity index (χ3v) is 8.12. The van der Waals surface area contributed by atoms with Gasteiger partial charge in [0.1, 0.15) is 0 Å². The van der Waals surface area contributed by atoms with Gasteiger partial charge in [-0.3, -0.25) is 4.90 Å². The summed E-state index contributed by atoms with van der Waals surface area (Å²) in [6, 6.07) is 13.8. The van der Waals surface area contributed by atoms with Crippen molar-refractivity contribution in [2.45, 2.75) is 57.9 Å². The number of nitriles is 1. The SMILES string of the molecule is CC#Cc1cc2c(cc1N1CCN(C3CCC3)C1)C(C)(C)c1[nH]c3cc(C#N)ccc3c1C2. The van der Waals surface area contributed by atoms with Crippen LogP contribution in [0.15, 0.2) is 30.3 Å². The molecule has 166 valence electrons. The van der Waals surface area contributed by atoms with E-state index in [0.29, 0.717) is 5.56 Å². The Labute approximate surface area is 196 Å². The predicted molar refractivity (Wildman–Crippen MR) is 133 cm³/mol. The maximum absolute atomic E-state index is 9.35. The van der Waals surface area contributed by atoms with Crippen molar-refractivity contribution in [2.75, 3.05) is 24.7 Å². The van der Waals surface area contributed by atoms with Crippen LogP contribution in [0.3, 0.4) is 0 Å². The molecule has 1 saturated carbocycles. The van der Waals surface area contributed by atoms with E-state index in [9.17, 15) is 5.26 Å². The molecule has 33 heavy (non-hydrogen) atoms. The molecule has 1 aliphatic heterocycles. The van der Waals surface area contributed by atoms with E-state index < -0.39 is 0 Å². The van der Waals surface area contributed by atoms with Crippen LogP contribution in [0, 0.1) is 23.2 Å². The summed E-state index contributed by atoms with van der Waals surface area (Å²) >= 11 is 0. The topological polar surface area (TPSA) is 46.1 Å². The molecular formula is C29H30N4. The molecule has 2 aromatic carbocycles. The molecule has 0 atom stereocenters. The molecule has 0 bridgehead atoms. The van der Waals surface area contributed by atoms with Crippen molar-refractivity contribution in [1.82, 2.24) is 9.88 Å². The highest BCUT2D eigenvalue weighted by atomic mass is 15.4. The lowest BCUT2D eigenvalue weighted by atomic mass is 9.71. The summed E-state index contributed by atoms with van der Waals surface area (Å²) in [6.45, 7) is 9.81. The lowest BCUT2D eigenvalue weighted by Gasteiger charge is -2.36. The van der Waals surface area contributed by atoms with E-state index in [4.69, 9.17) is 0 Å². The van der Waals surface area contributed by atoms with Gasteiger partial charge in [0.05, 0.1) is 24.0 Å². The number of nitrogens with zero attached hydrogens (tertiary/aromatic N) is 3. The van der Waals surface area contributed by atoms with Crippen LogP contribution in [0.2, 0.25) is 0 Å². The van der Waals surface area contributed by atoms with Crippen molar-refractivity contribution in [3.05, 3.63) is 63.8 Å². The van der Waals surface area contributed by atoms with E-state index in [1.165, 1.54) is 52.7 Å². The second-order valence-electron chi connectivity index (χ2n) is 10.4. The Bertz CT molecular complexity index is 1370. The minimum absolute atomic E-state index is 0.144. The molecule has 0 unspecified atom stereocenters. The van der Waals surface area contributed by atoms with Crippen LogP contribution >= 0.6 is 0 Å². The molecular weight excluding hydrogens is 404 g/mol. The van der Waals surface area contributed by atoms with Crippen molar-refractivity contribution in [1.29, 1.82) is 5.26 Å². The highest BCUT2D eigenvalue weighted by molar-refractivity contribution is 5.88. The molecule has 3 aromatic rings. The highest BCUT2D eigenvalue weighted by Gasteiger charge is 2.37. The Balaban J connectivity index is 1.45. The number of aromatic nitrogens is 1. The summed E-state index contributed by atoms with van der Waals surface area (Å²) in [6.07, 6.45) is 4.98. The van der Waals surface area contributed by atoms with Crippen LogP contribution in [-0.4, -0.2) is 35.7 Å². The third-order valence-electron chi connectivity index (χ3n) is 8.12. The molecule has 1 saturated heterocycles. The maximum Gasteiger partial charge on any atom is 0.0992 e. The first-order valence-corrected chi connectivity index (χ1v) is 12.1. The Morgan fingerprint density at radius 1 is 1.12 bits per heavy atom. The van der Waals surface area contributed by atoms with Gasteiger partial charge in [-0.15, -0.1) is 5.92 Å². The van der Waals surface area contributed by atoms with Gasteiger partial charge in [-0.1, -0.05) is 32.3 Å². The average molecular weight is 435 g/mol. The maximum atomic E-state index is 9.35. The first-order chi connectivity index (χ1) is 16.0. The quantitative estimate of drug-likeness (QED) is 0.559. The van der Waals surface area contributed by atoms with Gasteiger partial charge in [0, 0.05) is 53.1 Å². The lowest BCUT2D eigenvalue weighted by molar-refractivity contribution is 0.160. The van der Waals surface area contributed by atoms with Crippen LogP contribution < -0.4 is 4.90 Å². The molecule has 4 nitrogen and oxygen atoms in total. The molecule has 0 amide bonds. The fourth-order valence-corrected chi connectivity index (χ4v) is 6.08. The molecule has 0 radical (unpaired) electrons. The number of hydrogen-bond acceptors (Lipinski definition) is 3. The number of hydrogen-bond donors (Lipinski definition) is 1. The van der Waals surface area contributed by atoms with Gasteiger partial charge in [-0.05, 0) is 60.7 Å². The number of rotatable bonds is 2. The van der Waals surface area contributed by atoms with Crippen LogP contribution in [0.1, 0.15) is 73.5 Å². The summed E-state index contributed by atoms with van der Waals surface area (Å²) < 4.78 is 0. The van der Waals surface area contributed by atoms with E-state index in [0.717, 1.165) is 43.3 Å². The van der Waals surface area contributed by atoms with E-state index in [-0.39, 0.29) is 5.41 Å². The van der Waals surface area contributed by atoms with E-state index in [2.05, 4.69) is 64.7 Å². The minimum Gasteiger partial charge on any atom is -0.357 e. The monoisotopic (exact) mass is 434 g/mol. The molecule has 6 rings (SSSR count). The van der Waals surface area contributed by atoms with Crippen molar-refractivity contribution >= 4 is 16.6 Å². The number of benzene rings is 2. The van der Waals surface area contributed by atoms with Crippen LogP contribution in [0.4, 0.5) is 5.69 Å². The molecule has 2 fully saturated rings. The van der Waals surface area contributed by atoms with Crippen LogP contribution in [0.5, 0.6) is 0 Å². The van der Waals surface area contributed by atoms with Crippen molar-refractivity contribution in [3.8, 4) is 17.9 Å². The van der Waals surface area contributed by atoms with Gasteiger partial charge in [-0.25, -0.2) is 0 Å². The first kappa shape index (κ1) is 20.4. The highest BCUT2D eigenvalue weighted by Crippen LogP contribution is 2.46.